The number of hydrogen-bond donors (Lipinski definition) is 2. The van der Waals surface area contributed by atoms with Crippen LogP contribution in [0.4, 0.5) is 10.1 Å². The molecule has 0 spiro atoms. The topological polar surface area (TPSA) is 83.8 Å². The Morgan fingerprint density at radius 3 is 2.79 bits per heavy atom. The number of aromatic nitrogens is 3. The quantitative estimate of drug-likeness (QED) is 0.493. The number of nitrogens with zero attached hydrogens (tertiary/aromatic N) is 2. The number of amides is 1. The number of halogens is 1. The van der Waals surface area contributed by atoms with Gasteiger partial charge in [0.1, 0.15) is 17.4 Å². The third-order valence-electron chi connectivity index (χ3n) is 4.67. The molecule has 4 aromatic rings. The van der Waals surface area contributed by atoms with E-state index in [2.05, 4.69) is 20.3 Å². The van der Waals surface area contributed by atoms with Crippen molar-refractivity contribution in [3.63, 3.8) is 0 Å². The standard InChI is InChI=1S/C22H19FN4O2/c1-4-12(2)14-9-18-21(24-11-14)27-20(26-18)16-10-15(6-7-17(16)23)25-22(28)19-8-5-13(3)29-19/h4-11H,1-3H3,(H,25,28)(H,24,26,27). The van der Waals surface area contributed by atoms with E-state index in [1.165, 1.54) is 18.2 Å². The van der Waals surface area contributed by atoms with Gasteiger partial charge >= 0.3 is 0 Å². The number of carbonyl (C=O) groups excluding carboxylic acids is 1. The monoisotopic (exact) mass is 390 g/mol. The normalized spacial score (nSPS) is 11.8. The molecular formula is C22H19FN4O2. The van der Waals surface area contributed by atoms with Crippen LogP contribution in [0.3, 0.4) is 0 Å². The summed E-state index contributed by atoms with van der Waals surface area (Å²) in [6.45, 7) is 5.70. The molecule has 0 saturated carbocycles. The molecule has 0 aliphatic carbocycles. The number of aryl methyl sites for hydroxylation is 1. The van der Waals surface area contributed by atoms with Crippen LogP contribution in [-0.4, -0.2) is 20.9 Å². The van der Waals surface area contributed by atoms with Gasteiger partial charge < -0.3 is 14.7 Å². The molecule has 6 nitrogen and oxygen atoms in total. The highest BCUT2D eigenvalue weighted by atomic mass is 19.1. The van der Waals surface area contributed by atoms with Gasteiger partial charge in [-0.05, 0) is 68.3 Å². The second-order valence-electron chi connectivity index (χ2n) is 6.71. The van der Waals surface area contributed by atoms with Crippen LogP contribution in [0.1, 0.15) is 35.7 Å². The van der Waals surface area contributed by atoms with Crippen LogP contribution in [-0.2, 0) is 0 Å². The van der Waals surface area contributed by atoms with Crippen molar-refractivity contribution >= 4 is 28.3 Å². The second-order valence-corrected chi connectivity index (χ2v) is 6.71. The van der Waals surface area contributed by atoms with Crippen molar-refractivity contribution < 1.29 is 13.6 Å². The number of aromatic amines is 1. The van der Waals surface area contributed by atoms with E-state index in [9.17, 15) is 9.18 Å². The molecule has 7 heteroatoms. The maximum atomic E-state index is 14.5. The summed E-state index contributed by atoms with van der Waals surface area (Å²) in [5, 5.41) is 2.71. The van der Waals surface area contributed by atoms with E-state index in [1.54, 1.807) is 25.3 Å². The summed E-state index contributed by atoms with van der Waals surface area (Å²) in [4.78, 5) is 24.2. The number of benzene rings is 1. The van der Waals surface area contributed by atoms with Crippen molar-refractivity contribution in [2.75, 3.05) is 5.32 Å². The first kappa shape index (κ1) is 18.6. The average Bonchev–Trinajstić information content (AvgIpc) is 3.34. The Hall–Kier alpha value is -3.74. The molecule has 3 aromatic heterocycles. The van der Waals surface area contributed by atoms with E-state index < -0.39 is 11.7 Å². The van der Waals surface area contributed by atoms with Gasteiger partial charge in [-0.2, -0.15) is 0 Å². The summed E-state index contributed by atoms with van der Waals surface area (Å²) in [7, 11) is 0. The summed E-state index contributed by atoms with van der Waals surface area (Å²) in [5.41, 5.74) is 3.91. The van der Waals surface area contributed by atoms with Gasteiger partial charge in [-0.1, -0.05) is 6.08 Å². The van der Waals surface area contributed by atoms with Gasteiger partial charge in [0.05, 0.1) is 11.1 Å². The Morgan fingerprint density at radius 1 is 1.24 bits per heavy atom. The molecule has 0 aliphatic rings. The fourth-order valence-electron chi connectivity index (χ4n) is 2.94. The van der Waals surface area contributed by atoms with Gasteiger partial charge in [0, 0.05) is 11.9 Å². The summed E-state index contributed by atoms with van der Waals surface area (Å²) in [6.07, 6.45) is 3.73. The van der Waals surface area contributed by atoms with Crippen LogP contribution in [0.25, 0.3) is 28.1 Å². The fourth-order valence-corrected chi connectivity index (χ4v) is 2.94. The zero-order valence-corrected chi connectivity index (χ0v) is 16.2. The Balaban J connectivity index is 1.67. The number of imidazole rings is 1. The molecule has 1 amide bonds. The van der Waals surface area contributed by atoms with Crippen molar-refractivity contribution in [2.45, 2.75) is 20.8 Å². The molecule has 0 atom stereocenters. The number of nitrogens with one attached hydrogen (secondary N) is 2. The van der Waals surface area contributed by atoms with Gasteiger partial charge in [-0.25, -0.2) is 14.4 Å². The lowest BCUT2D eigenvalue weighted by Crippen LogP contribution is -2.11. The smallest absolute Gasteiger partial charge is 0.291 e. The van der Waals surface area contributed by atoms with E-state index in [0.29, 0.717) is 28.4 Å². The van der Waals surface area contributed by atoms with Crippen LogP contribution in [0.2, 0.25) is 0 Å². The minimum Gasteiger partial charge on any atom is -0.456 e. The summed E-state index contributed by atoms with van der Waals surface area (Å²) in [5.74, 6) is 0.296. The number of furan rings is 1. The zero-order chi connectivity index (χ0) is 20.5. The van der Waals surface area contributed by atoms with Gasteiger partial charge in [-0.3, -0.25) is 4.79 Å². The third-order valence-corrected chi connectivity index (χ3v) is 4.67. The number of rotatable bonds is 4. The molecule has 0 radical (unpaired) electrons. The first-order chi connectivity index (χ1) is 13.9. The van der Waals surface area contributed by atoms with E-state index in [0.717, 1.165) is 11.1 Å². The number of hydrogen-bond acceptors (Lipinski definition) is 4. The molecule has 0 saturated heterocycles. The summed E-state index contributed by atoms with van der Waals surface area (Å²) >= 11 is 0. The van der Waals surface area contributed by atoms with E-state index >= 15 is 0 Å². The van der Waals surface area contributed by atoms with Gasteiger partial charge in [0.2, 0.25) is 0 Å². The van der Waals surface area contributed by atoms with Gasteiger partial charge in [-0.15, -0.1) is 0 Å². The van der Waals surface area contributed by atoms with E-state index in [-0.39, 0.29) is 11.3 Å². The Labute approximate surface area is 166 Å². The molecule has 0 fully saturated rings. The third kappa shape index (κ3) is 3.67. The number of fused-ring (bicyclic) bond motifs is 1. The summed E-state index contributed by atoms with van der Waals surface area (Å²) in [6, 6.07) is 9.52. The molecule has 3 heterocycles. The van der Waals surface area contributed by atoms with Crippen molar-refractivity contribution in [3.05, 3.63) is 71.6 Å². The minimum atomic E-state index is -0.458. The van der Waals surface area contributed by atoms with Crippen LogP contribution >= 0.6 is 0 Å². The SMILES string of the molecule is CC=C(C)c1cnc2nc(-c3cc(NC(=O)c4ccc(C)o4)ccc3F)[nH]c2c1. The first-order valence-electron chi connectivity index (χ1n) is 9.11. The van der Waals surface area contributed by atoms with Crippen LogP contribution in [0, 0.1) is 12.7 Å². The lowest BCUT2D eigenvalue weighted by molar-refractivity contribution is 0.0995. The Morgan fingerprint density at radius 2 is 2.07 bits per heavy atom. The highest BCUT2D eigenvalue weighted by molar-refractivity contribution is 6.02. The number of H-pyrrole nitrogens is 1. The second kappa shape index (κ2) is 7.35. The molecule has 146 valence electrons. The lowest BCUT2D eigenvalue weighted by Gasteiger charge is -2.06. The molecule has 4 rings (SSSR count). The van der Waals surface area contributed by atoms with Crippen LogP contribution in [0.15, 0.2) is 53.1 Å². The molecule has 0 unspecified atom stereocenters. The lowest BCUT2D eigenvalue weighted by atomic mass is 10.1. The fraction of sp³-hybridized carbons (Fsp3) is 0.136. The van der Waals surface area contributed by atoms with Crippen LogP contribution in [0.5, 0.6) is 0 Å². The number of anilines is 1. The Kier molecular flexibility index (Phi) is 4.72. The predicted octanol–water partition coefficient (Wildman–Crippen LogP) is 5.34. The van der Waals surface area contributed by atoms with Crippen molar-refractivity contribution in [1.29, 1.82) is 0 Å². The maximum absolute atomic E-state index is 14.5. The minimum absolute atomic E-state index is 0.188. The van der Waals surface area contributed by atoms with Crippen LogP contribution < -0.4 is 5.32 Å². The molecule has 2 N–H and O–H groups in total. The predicted molar refractivity (Wildman–Crippen MR) is 110 cm³/mol. The van der Waals surface area contributed by atoms with Gasteiger partial charge in [0.15, 0.2) is 11.4 Å². The largest absolute Gasteiger partial charge is 0.456 e. The van der Waals surface area contributed by atoms with E-state index in [1.807, 2.05) is 26.0 Å². The average molecular weight is 390 g/mol. The molecule has 1 aromatic carbocycles. The maximum Gasteiger partial charge on any atom is 0.291 e. The highest BCUT2D eigenvalue weighted by Gasteiger charge is 2.15. The van der Waals surface area contributed by atoms with Crippen molar-refractivity contribution in [3.8, 4) is 11.4 Å². The summed E-state index contributed by atoms with van der Waals surface area (Å²) < 4.78 is 19.8. The molecule has 29 heavy (non-hydrogen) atoms. The molecular weight excluding hydrogens is 371 g/mol. The highest BCUT2D eigenvalue weighted by Crippen LogP contribution is 2.27. The van der Waals surface area contributed by atoms with Crippen molar-refractivity contribution in [2.24, 2.45) is 0 Å². The molecule has 0 bridgehead atoms. The first-order valence-corrected chi connectivity index (χ1v) is 9.11. The number of carbonyl (C=O) groups is 1. The van der Waals surface area contributed by atoms with Crippen molar-refractivity contribution in [1.82, 2.24) is 15.0 Å². The zero-order valence-electron chi connectivity index (χ0n) is 16.2. The van der Waals surface area contributed by atoms with Gasteiger partial charge in [0.25, 0.3) is 5.91 Å². The van der Waals surface area contributed by atoms with E-state index in [4.69, 9.17) is 4.42 Å². The molecule has 0 aliphatic heterocycles. The Bertz CT molecular complexity index is 1250. The number of allylic oxidation sites excluding steroid dienone is 2. The number of pyridine rings is 1.